The third-order valence-electron chi connectivity index (χ3n) is 2.31. The van der Waals surface area contributed by atoms with Crippen molar-refractivity contribution in [1.82, 2.24) is 0 Å². The van der Waals surface area contributed by atoms with Gasteiger partial charge in [0, 0.05) is 5.69 Å². The first-order valence-electron chi connectivity index (χ1n) is 6.04. The Morgan fingerprint density at radius 2 is 2.11 bits per heavy atom. The first-order valence-corrected chi connectivity index (χ1v) is 6.04. The normalized spacial score (nSPS) is 11.3. The third-order valence-corrected chi connectivity index (χ3v) is 2.31. The average Bonchev–Trinajstić information content (AvgIpc) is 2.36. The molecule has 0 heterocycles. The molecular formula is C14H21N3O. The number of rotatable bonds is 7. The molecule has 0 saturated carbocycles. The molecule has 4 nitrogen and oxygen atoms in total. The molecule has 0 aliphatic rings. The lowest BCUT2D eigenvalue weighted by molar-refractivity contribution is 0.146. The van der Waals surface area contributed by atoms with E-state index in [9.17, 15) is 0 Å². The highest BCUT2D eigenvalue weighted by molar-refractivity contribution is 5.92. The molecule has 0 aliphatic heterocycles. The van der Waals surface area contributed by atoms with Gasteiger partial charge in [-0.25, -0.2) is 0 Å². The van der Waals surface area contributed by atoms with Crippen LogP contribution in [0.5, 0.6) is 0 Å². The van der Waals surface area contributed by atoms with Crippen LogP contribution in [0.1, 0.15) is 12.0 Å². The van der Waals surface area contributed by atoms with E-state index < -0.39 is 0 Å². The maximum Gasteiger partial charge on any atom is 0.193 e. The Balaban J connectivity index is 2.25. The molecule has 0 bridgehead atoms. The molecule has 0 atom stereocenters. The summed E-state index contributed by atoms with van der Waals surface area (Å²) < 4.78 is 5.33. The van der Waals surface area contributed by atoms with Crippen molar-refractivity contribution in [3.05, 3.63) is 42.5 Å². The number of nitrogens with one attached hydrogen (secondary N) is 1. The zero-order chi connectivity index (χ0) is 13.2. The van der Waals surface area contributed by atoms with Crippen molar-refractivity contribution in [3.8, 4) is 0 Å². The molecule has 0 amide bonds. The maximum absolute atomic E-state index is 5.75. The second-order valence-corrected chi connectivity index (χ2v) is 3.95. The Morgan fingerprint density at radius 1 is 1.39 bits per heavy atom. The Morgan fingerprint density at radius 3 is 2.78 bits per heavy atom. The number of anilines is 1. The predicted molar refractivity (Wildman–Crippen MR) is 76.9 cm³/mol. The van der Waals surface area contributed by atoms with Crippen LogP contribution in [0.15, 0.2) is 41.9 Å². The van der Waals surface area contributed by atoms with E-state index in [0.29, 0.717) is 25.7 Å². The van der Waals surface area contributed by atoms with Crippen LogP contribution >= 0.6 is 0 Å². The third kappa shape index (κ3) is 6.06. The summed E-state index contributed by atoms with van der Waals surface area (Å²) in [5.74, 6) is 0.408. The minimum absolute atomic E-state index is 0.408. The van der Waals surface area contributed by atoms with Gasteiger partial charge in [-0.3, -0.25) is 4.99 Å². The van der Waals surface area contributed by atoms with Crippen molar-refractivity contribution >= 4 is 11.6 Å². The van der Waals surface area contributed by atoms with E-state index in [1.807, 2.05) is 37.3 Å². The number of ether oxygens (including phenoxy) is 1. The summed E-state index contributed by atoms with van der Waals surface area (Å²) in [4.78, 5) is 4.17. The monoisotopic (exact) mass is 247 g/mol. The van der Waals surface area contributed by atoms with Gasteiger partial charge in [-0.2, -0.15) is 0 Å². The van der Waals surface area contributed by atoms with Crippen LogP contribution in [0, 0.1) is 6.92 Å². The second kappa shape index (κ2) is 8.31. The SMILES string of the molecule is C=CCCOCCN=C(N)Nc1ccc(C)cc1. The van der Waals surface area contributed by atoms with E-state index in [1.165, 1.54) is 5.56 Å². The highest BCUT2D eigenvalue weighted by Crippen LogP contribution is 2.07. The topological polar surface area (TPSA) is 59.6 Å². The zero-order valence-electron chi connectivity index (χ0n) is 10.9. The van der Waals surface area contributed by atoms with Gasteiger partial charge in [0.15, 0.2) is 5.96 Å². The van der Waals surface area contributed by atoms with Crippen molar-refractivity contribution in [2.75, 3.05) is 25.1 Å². The van der Waals surface area contributed by atoms with E-state index in [0.717, 1.165) is 12.1 Å². The summed E-state index contributed by atoms with van der Waals surface area (Å²) >= 11 is 0. The van der Waals surface area contributed by atoms with Crippen molar-refractivity contribution in [2.45, 2.75) is 13.3 Å². The fraction of sp³-hybridized carbons (Fsp3) is 0.357. The summed E-state index contributed by atoms with van der Waals surface area (Å²) in [7, 11) is 0. The predicted octanol–water partition coefficient (Wildman–Crippen LogP) is 2.31. The zero-order valence-corrected chi connectivity index (χ0v) is 10.9. The summed E-state index contributed by atoms with van der Waals surface area (Å²) in [5, 5.41) is 3.03. The van der Waals surface area contributed by atoms with Crippen molar-refractivity contribution in [3.63, 3.8) is 0 Å². The largest absolute Gasteiger partial charge is 0.379 e. The molecule has 18 heavy (non-hydrogen) atoms. The van der Waals surface area contributed by atoms with E-state index in [2.05, 4.69) is 16.9 Å². The minimum Gasteiger partial charge on any atom is -0.379 e. The molecule has 4 heteroatoms. The summed E-state index contributed by atoms with van der Waals surface area (Å²) in [6, 6.07) is 7.98. The molecule has 1 aromatic rings. The maximum atomic E-state index is 5.75. The number of guanidine groups is 1. The Hall–Kier alpha value is -1.81. The number of benzene rings is 1. The van der Waals surface area contributed by atoms with Gasteiger partial charge in [0.25, 0.3) is 0 Å². The molecule has 1 rings (SSSR count). The summed E-state index contributed by atoms with van der Waals surface area (Å²) in [5.41, 5.74) is 7.91. The molecule has 0 fully saturated rings. The molecule has 98 valence electrons. The van der Waals surface area contributed by atoms with Gasteiger partial charge < -0.3 is 15.8 Å². The smallest absolute Gasteiger partial charge is 0.193 e. The Labute approximate surface area is 109 Å². The number of aryl methyl sites for hydroxylation is 1. The van der Waals surface area contributed by atoms with Crippen LogP contribution in [-0.4, -0.2) is 25.7 Å². The van der Waals surface area contributed by atoms with Crippen molar-refractivity contribution in [2.24, 2.45) is 10.7 Å². The Kier molecular flexibility index (Phi) is 6.58. The number of nitrogens with zero attached hydrogens (tertiary/aromatic N) is 1. The number of hydrogen-bond donors (Lipinski definition) is 2. The van der Waals surface area contributed by atoms with Gasteiger partial charge in [-0.05, 0) is 25.5 Å². The van der Waals surface area contributed by atoms with Crippen molar-refractivity contribution < 1.29 is 4.74 Å². The van der Waals surface area contributed by atoms with Crippen LogP contribution in [0.2, 0.25) is 0 Å². The quantitative estimate of drug-likeness (QED) is 0.336. The van der Waals surface area contributed by atoms with E-state index in [1.54, 1.807) is 0 Å². The highest BCUT2D eigenvalue weighted by atomic mass is 16.5. The number of hydrogen-bond acceptors (Lipinski definition) is 2. The van der Waals surface area contributed by atoms with Gasteiger partial charge in [-0.15, -0.1) is 6.58 Å². The molecule has 0 saturated heterocycles. The first-order chi connectivity index (χ1) is 8.72. The Bertz CT molecular complexity index is 385. The van der Waals surface area contributed by atoms with Crippen LogP contribution < -0.4 is 11.1 Å². The molecule has 0 unspecified atom stereocenters. The molecule has 3 N–H and O–H groups in total. The van der Waals surface area contributed by atoms with E-state index in [-0.39, 0.29) is 0 Å². The first kappa shape index (κ1) is 14.3. The molecule has 1 aromatic carbocycles. The van der Waals surface area contributed by atoms with Gasteiger partial charge in [0.1, 0.15) is 0 Å². The number of nitrogens with two attached hydrogens (primary N) is 1. The lowest BCUT2D eigenvalue weighted by atomic mass is 10.2. The summed E-state index contributed by atoms with van der Waals surface area (Å²) in [6.45, 7) is 7.48. The second-order valence-electron chi connectivity index (χ2n) is 3.95. The van der Waals surface area contributed by atoms with Gasteiger partial charge in [0.05, 0.1) is 19.8 Å². The van der Waals surface area contributed by atoms with Crippen LogP contribution in [0.3, 0.4) is 0 Å². The van der Waals surface area contributed by atoms with Crippen LogP contribution in [0.25, 0.3) is 0 Å². The fourth-order valence-corrected chi connectivity index (χ4v) is 1.32. The summed E-state index contributed by atoms with van der Waals surface area (Å²) in [6.07, 6.45) is 2.69. The lowest BCUT2D eigenvalue weighted by Crippen LogP contribution is -2.23. The molecule has 0 aromatic heterocycles. The molecule has 0 aliphatic carbocycles. The fourth-order valence-electron chi connectivity index (χ4n) is 1.32. The average molecular weight is 247 g/mol. The molecular weight excluding hydrogens is 226 g/mol. The lowest BCUT2D eigenvalue weighted by Gasteiger charge is -2.06. The van der Waals surface area contributed by atoms with Gasteiger partial charge in [-0.1, -0.05) is 23.8 Å². The van der Waals surface area contributed by atoms with E-state index >= 15 is 0 Å². The minimum atomic E-state index is 0.408. The highest BCUT2D eigenvalue weighted by Gasteiger charge is 1.94. The molecule has 0 radical (unpaired) electrons. The van der Waals surface area contributed by atoms with Crippen molar-refractivity contribution in [1.29, 1.82) is 0 Å². The van der Waals surface area contributed by atoms with Crippen LogP contribution in [0.4, 0.5) is 5.69 Å². The van der Waals surface area contributed by atoms with E-state index in [4.69, 9.17) is 10.5 Å². The van der Waals surface area contributed by atoms with Crippen LogP contribution in [-0.2, 0) is 4.74 Å². The van der Waals surface area contributed by atoms with Gasteiger partial charge in [0.2, 0.25) is 0 Å². The molecule has 0 spiro atoms. The number of aliphatic imine (C=N–C) groups is 1. The van der Waals surface area contributed by atoms with Gasteiger partial charge >= 0.3 is 0 Å². The standard InChI is InChI=1S/C14H21N3O/c1-3-4-10-18-11-9-16-14(15)17-13-7-5-12(2)6-8-13/h3,5-8H,1,4,9-11H2,2H3,(H3,15,16,17).